The molecular weight excluding hydrogens is 358 g/mol. The van der Waals surface area contributed by atoms with Crippen LogP contribution in [-0.4, -0.2) is 30.1 Å². The van der Waals surface area contributed by atoms with E-state index >= 15 is 0 Å². The number of ether oxygens (including phenoxy) is 1. The zero-order valence-electron chi connectivity index (χ0n) is 10.7. The van der Waals surface area contributed by atoms with E-state index in [2.05, 4.69) is 15.9 Å². The molecule has 108 valence electrons. The van der Waals surface area contributed by atoms with Crippen LogP contribution in [0.3, 0.4) is 0 Å². The molecule has 0 aliphatic carbocycles. The summed E-state index contributed by atoms with van der Waals surface area (Å²) in [4.78, 5) is 26.0. The predicted molar refractivity (Wildman–Crippen MR) is 82.6 cm³/mol. The van der Waals surface area contributed by atoms with E-state index in [1.807, 2.05) is 11.4 Å². The number of carboxylic acids is 1. The quantitative estimate of drug-likeness (QED) is 0.884. The molecule has 1 N–H and O–H groups in total. The van der Waals surface area contributed by atoms with Gasteiger partial charge < -0.3 is 14.7 Å². The highest BCUT2D eigenvalue weighted by molar-refractivity contribution is 9.10. The lowest BCUT2D eigenvalue weighted by Crippen LogP contribution is -2.38. The first-order valence-electron chi connectivity index (χ1n) is 6.13. The standard InChI is InChI=1S/C14H10BrNO4S/c15-9-4-7-21-12(9)13(17)16-5-6-20-11-8(14(18)19)2-1-3-10(11)16/h1-4,7H,5-6H2,(H,18,19). The number of benzene rings is 1. The summed E-state index contributed by atoms with van der Waals surface area (Å²) < 4.78 is 6.20. The Hall–Kier alpha value is -1.86. The van der Waals surface area contributed by atoms with Crippen molar-refractivity contribution >= 4 is 44.8 Å². The number of carbonyl (C=O) groups excluding carboxylic acids is 1. The van der Waals surface area contributed by atoms with Crippen molar-refractivity contribution in [2.45, 2.75) is 0 Å². The molecular formula is C14H10BrNO4S. The minimum Gasteiger partial charge on any atom is -0.489 e. The maximum absolute atomic E-state index is 12.6. The molecule has 0 atom stereocenters. The molecule has 1 amide bonds. The number of fused-ring (bicyclic) bond motifs is 1. The van der Waals surface area contributed by atoms with Gasteiger partial charge in [0.05, 0.1) is 12.2 Å². The molecule has 0 fully saturated rings. The number of rotatable bonds is 2. The second-order valence-corrected chi connectivity index (χ2v) is 6.13. The van der Waals surface area contributed by atoms with Gasteiger partial charge in [0.25, 0.3) is 5.91 Å². The monoisotopic (exact) mass is 367 g/mol. The Balaban J connectivity index is 2.05. The number of halogens is 1. The van der Waals surface area contributed by atoms with Gasteiger partial charge in [0.1, 0.15) is 17.0 Å². The van der Waals surface area contributed by atoms with E-state index in [1.54, 1.807) is 17.0 Å². The number of anilines is 1. The van der Waals surface area contributed by atoms with Gasteiger partial charge in [0, 0.05) is 4.47 Å². The molecule has 1 aromatic carbocycles. The third kappa shape index (κ3) is 2.43. The molecule has 0 bridgehead atoms. The number of thiophene rings is 1. The highest BCUT2D eigenvalue weighted by Gasteiger charge is 2.29. The highest BCUT2D eigenvalue weighted by Crippen LogP contribution is 2.37. The SMILES string of the molecule is O=C(O)c1cccc2c1OCCN2C(=O)c1sccc1Br. The van der Waals surface area contributed by atoms with Crippen LogP contribution in [0.4, 0.5) is 5.69 Å². The Morgan fingerprint density at radius 2 is 2.14 bits per heavy atom. The maximum Gasteiger partial charge on any atom is 0.339 e. The first-order chi connectivity index (χ1) is 10.1. The van der Waals surface area contributed by atoms with Gasteiger partial charge in [-0.3, -0.25) is 4.79 Å². The highest BCUT2D eigenvalue weighted by atomic mass is 79.9. The van der Waals surface area contributed by atoms with E-state index in [0.717, 1.165) is 4.47 Å². The van der Waals surface area contributed by atoms with E-state index in [1.165, 1.54) is 17.4 Å². The van der Waals surface area contributed by atoms with Crippen molar-refractivity contribution in [2.75, 3.05) is 18.1 Å². The first kappa shape index (κ1) is 14.1. The van der Waals surface area contributed by atoms with Crippen LogP contribution in [0.15, 0.2) is 34.1 Å². The van der Waals surface area contributed by atoms with Crippen molar-refractivity contribution < 1.29 is 19.4 Å². The van der Waals surface area contributed by atoms with Crippen molar-refractivity contribution in [3.8, 4) is 5.75 Å². The minimum atomic E-state index is -1.07. The summed E-state index contributed by atoms with van der Waals surface area (Å²) in [6, 6.07) is 6.59. The minimum absolute atomic E-state index is 0.0650. The lowest BCUT2D eigenvalue weighted by Gasteiger charge is -2.30. The normalized spacial score (nSPS) is 13.5. The Morgan fingerprint density at radius 1 is 1.33 bits per heavy atom. The molecule has 7 heteroatoms. The molecule has 0 saturated heterocycles. The average Bonchev–Trinajstić information content (AvgIpc) is 2.91. The number of carbonyl (C=O) groups is 2. The number of para-hydroxylation sites is 1. The zero-order chi connectivity index (χ0) is 15.0. The molecule has 0 saturated carbocycles. The Labute approximate surface area is 132 Å². The summed E-state index contributed by atoms with van der Waals surface area (Å²) in [5, 5.41) is 11.0. The fourth-order valence-corrected chi connectivity index (χ4v) is 3.69. The van der Waals surface area contributed by atoms with E-state index in [-0.39, 0.29) is 23.8 Å². The van der Waals surface area contributed by atoms with Crippen LogP contribution in [0.5, 0.6) is 5.75 Å². The lowest BCUT2D eigenvalue weighted by atomic mass is 10.1. The number of amides is 1. The Bertz CT molecular complexity index is 728. The van der Waals surface area contributed by atoms with Crippen molar-refractivity contribution in [3.63, 3.8) is 0 Å². The van der Waals surface area contributed by atoms with E-state index in [9.17, 15) is 14.7 Å². The van der Waals surface area contributed by atoms with E-state index in [0.29, 0.717) is 17.1 Å². The number of carboxylic acid groups (broad SMARTS) is 1. The summed E-state index contributed by atoms with van der Waals surface area (Å²) in [7, 11) is 0. The van der Waals surface area contributed by atoms with Crippen molar-refractivity contribution in [2.24, 2.45) is 0 Å². The molecule has 21 heavy (non-hydrogen) atoms. The second kappa shape index (κ2) is 5.50. The maximum atomic E-state index is 12.6. The third-order valence-corrected chi connectivity index (χ3v) is 4.96. The third-order valence-electron chi connectivity index (χ3n) is 3.13. The van der Waals surface area contributed by atoms with E-state index in [4.69, 9.17) is 4.74 Å². The number of hydrogen-bond donors (Lipinski definition) is 1. The molecule has 0 spiro atoms. The Kier molecular flexibility index (Phi) is 3.69. The van der Waals surface area contributed by atoms with E-state index < -0.39 is 5.97 Å². The van der Waals surface area contributed by atoms with Gasteiger partial charge in [-0.1, -0.05) is 6.07 Å². The van der Waals surface area contributed by atoms with Gasteiger partial charge in [0.2, 0.25) is 0 Å². The second-order valence-electron chi connectivity index (χ2n) is 4.36. The van der Waals surface area contributed by atoms with Gasteiger partial charge in [-0.2, -0.15) is 0 Å². The van der Waals surface area contributed by atoms with Gasteiger partial charge in [-0.15, -0.1) is 11.3 Å². The first-order valence-corrected chi connectivity index (χ1v) is 7.81. The molecule has 2 aromatic rings. The van der Waals surface area contributed by atoms with Crippen LogP contribution in [0.25, 0.3) is 0 Å². The zero-order valence-corrected chi connectivity index (χ0v) is 13.1. The summed E-state index contributed by atoms with van der Waals surface area (Å²) in [5.74, 6) is -0.986. The molecule has 0 radical (unpaired) electrons. The van der Waals surface area contributed by atoms with Crippen LogP contribution in [0, 0.1) is 0 Å². The smallest absolute Gasteiger partial charge is 0.339 e. The summed E-state index contributed by atoms with van der Waals surface area (Å²) >= 11 is 4.69. The average molecular weight is 368 g/mol. The predicted octanol–water partition coefficient (Wildman–Crippen LogP) is 3.25. The topological polar surface area (TPSA) is 66.8 Å². The summed E-state index contributed by atoms with van der Waals surface area (Å²) in [5.41, 5.74) is 0.557. The van der Waals surface area contributed by atoms with Crippen molar-refractivity contribution in [1.82, 2.24) is 0 Å². The van der Waals surface area contributed by atoms with Crippen molar-refractivity contribution in [3.05, 3.63) is 44.6 Å². The Morgan fingerprint density at radius 3 is 2.81 bits per heavy atom. The molecule has 0 unspecified atom stereocenters. The summed E-state index contributed by atoms with van der Waals surface area (Å²) in [6.07, 6.45) is 0. The van der Waals surface area contributed by atoms with Crippen LogP contribution in [0.2, 0.25) is 0 Å². The lowest BCUT2D eigenvalue weighted by molar-refractivity contribution is 0.0690. The van der Waals surface area contributed by atoms with Crippen LogP contribution in [-0.2, 0) is 0 Å². The number of nitrogens with zero attached hydrogens (tertiary/aromatic N) is 1. The fourth-order valence-electron chi connectivity index (χ4n) is 2.20. The largest absolute Gasteiger partial charge is 0.489 e. The molecule has 3 rings (SSSR count). The van der Waals surface area contributed by atoms with Crippen LogP contribution in [0.1, 0.15) is 20.0 Å². The van der Waals surface area contributed by atoms with Crippen LogP contribution >= 0.6 is 27.3 Å². The summed E-state index contributed by atoms with van der Waals surface area (Å²) in [6.45, 7) is 0.658. The van der Waals surface area contributed by atoms with Gasteiger partial charge in [-0.05, 0) is 39.5 Å². The number of aromatic carboxylic acids is 1. The molecule has 2 heterocycles. The number of hydrogen-bond acceptors (Lipinski definition) is 4. The van der Waals surface area contributed by atoms with Gasteiger partial charge in [-0.25, -0.2) is 4.79 Å². The fraction of sp³-hybridized carbons (Fsp3) is 0.143. The van der Waals surface area contributed by atoms with Gasteiger partial charge >= 0.3 is 5.97 Å². The van der Waals surface area contributed by atoms with Crippen molar-refractivity contribution in [1.29, 1.82) is 0 Å². The molecule has 1 aromatic heterocycles. The molecule has 5 nitrogen and oxygen atoms in total. The molecule has 1 aliphatic heterocycles. The molecule has 1 aliphatic rings. The van der Waals surface area contributed by atoms with Crippen LogP contribution < -0.4 is 9.64 Å². The van der Waals surface area contributed by atoms with Gasteiger partial charge in [0.15, 0.2) is 5.75 Å².